The van der Waals surface area contributed by atoms with Crippen LogP contribution >= 0.6 is 0 Å². The molecule has 5 heteroatoms. The molecule has 0 aliphatic carbocycles. The molecular formula is C19H24FN3O. The van der Waals surface area contributed by atoms with Gasteiger partial charge in [-0.25, -0.2) is 4.39 Å². The second-order valence-electron chi connectivity index (χ2n) is 6.74. The van der Waals surface area contributed by atoms with E-state index in [0.29, 0.717) is 18.0 Å². The van der Waals surface area contributed by atoms with E-state index in [-0.39, 0.29) is 17.8 Å². The first kappa shape index (κ1) is 16.7. The third kappa shape index (κ3) is 2.84. The second-order valence-corrected chi connectivity index (χ2v) is 6.74. The summed E-state index contributed by atoms with van der Waals surface area (Å²) in [7, 11) is 0. The standard InChI is InChI=1S/C19H24FN3O/c1-12-8-15(10-21)11-22(12)19(24)18-9-13(2)23(14(18)3)17-6-4-16(20)5-7-17/h4-7,9,12,15H,8,10-11,21H2,1-3H3. The number of carbonyl (C=O) groups is 1. The second kappa shape index (κ2) is 6.40. The summed E-state index contributed by atoms with van der Waals surface area (Å²) < 4.78 is 15.2. The summed E-state index contributed by atoms with van der Waals surface area (Å²) >= 11 is 0. The summed E-state index contributed by atoms with van der Waals surface area (Å²) in [5.41, 5.74) is 9.19. The van der Waals surface area contributed by atoms with Gasteiger partial charge in [0.2, 0.25) is 0 Å². The number of aromatic nitrogens is 1. The minimum atomic E-state index is -0.267. The van der Waals surface area contributed by atoms with E-state index in [9.17, 15) is 9.18 Å². The SMILES string of the molecule is Cc1cc(C(=O)N2CC(CN)CC2C)c(C)n1-c1ccc(F)cc1. The number of nitrogens with two attached hydrogens (primary N) is 1. The average molecular weight is 329 g/mol. The predicted molar refractivity (Wildman–Crippen MR) is 92.9 cm³/mol. The minimum Gasteiger partial charge on any atom is -0.336 e. The molecule has 1 aromatic heterocycles. The first-order chi connectivity index (χ1) is 11.4. The van der Waals surface area contributed by atoms with E-state index >= 15 is 0 Å². The van der Waals surface area contributed by atoms with Crippen LogP contribution in [0.4, 0.5) is 4.39 Å². The Labute approximate surface area is 142 Å². The Kier molecular flexibility index (Phi) is 4.45. The molecule has 24 heavy (non-hydrogen) atoms. The van der Waals surface area contributed by atoms with E-state index in [1.807, 2.05) is 29.4 Å². The van der Waals surface area contributed by atoms with Crippen molar-refractivity contribution in [1.82, 2.24) is 9.47 Å². The van der Waals surface area contributed by atoms with Gasteiger partial charge in [0.25, 0.3) is 5.91 Å². The van der Waals surface area contributed by atoms with Crippen molar-refractivity contribution in [3.8, 4) is 5.69 Å². The topological polar surface area (TPSA) is 51.3 Å². The Morgan fingerprint density at radius 3 is 2.54 bits per heavy atom. The molecule has 1 saturated heterocycles. The number of halogens is 1. The summed E-state index contributed by atoms with van der Waals surface area (Å²) in [6.07, 6.45) is 0.957. The predicted octanol–water partition coefficient (Wildman–Crippen LogP) is 3.04. The van der Waals surface area contributed by atoms with Gasteiger partial charge in [-0.2, -0.15) is 0 Å². The van der Waals surface area contributed by atoms with Gasteiger partial charge in [0.1, 0.15) is 5.82 Å². The normalized spacial score (nSPS) is 20.6. The number of amides is 1. The maximum absolute atomic E-state index is 13.2. The number of hydrogen-bond acceptors (Lipinski definition) is 2. The molecule has 128 valence electrons. The molecule has 1 aliphatic rings. The van der Waals surface area contributed by atoms with E-state index < -0.39 is 0 Å². The van der Waals surface area contributed by atoms with E-state index in [4.69, 9.17) is 5.73 Å². The Hall–Kier alpha value is -2.14. The van der Waals surface area contributed by atoms with Crippen LogP contribution in [0.25, 0.3) is 5.69 Å². The van der Waals surface area contributed by atoms with Crippen molar-refractivity contribution < 1.29 is 9.18 Å². The van der Waals surface area contributed by atoms with Crippen LogP contribution in [0.1, 0.15) is 35.1 Å². The molecule has 0 saturated carbocycles. The summed E-state index contributed by atoms with van der Waals surface area (Å²) in [4.78, 5) is 14.9. The van der Waals surface area contributed by atoms with Gasteiger partial charge in [-0.3, -0.25) is 4.79 Å². The van der Waals surface area contributed by atoms with Gasteiger partial charge in [-0.15, -0.1) is 0 Å². The quantitative estimate of drug-likeness (QED) is 0.941. The molecule has 1 amide bonds. The summed E-state index contributed by atoms with van der Waals surface area (Å²) in [6, 6.07) is 8.46. The lowest BCUT2D eigenvalue weighted by atomic mass is 10.1. The Morgan fingerprint density at radius 1 is 1.29 bits per heavy atom. The van der Waals surface area contributed by atoms with Crippen molar-refractivity contribution in [2.45, 2.75) is 33.2 Å². The van der Waals surface area contributed by atoms with E-state index in [1.165, 1.54) is 12.1 Å². The fourth-order valence-electron chi connectivity index (χ4n) is 3.72. The zero-order valence-corrected chi connectivity index (χ0v) is 14.4. The van der Waals surface area contributed by atoms with Gasteiger partial charge in [0.05, 0.1) is 5.56 Å². The van der Waals surface area contributed by atoms with Gasteiger partial charge in [0, 0.05) is 29.7 Å². The molecule has 3 rings (SSSR count). The van der Waals surface area contributed by atoms with Crippen molar-refractivity contribution >= 4 is 5.91 Å². The van der Waals surface area contributed by atoms with E-state index in [1.54, 1.807) is 12.1 Å². The molecule has 2 heterocycles. The van der Waals surface area contributed by atoms with Crippen molar-refractivity contribution in [1.29, 1.82) is 0 Å². The lowest BCUT2D eigenvalue weighted by molar-refractivity contribution is 0.0742. The number of likely N-dealkylation sites (tertiary alicyclic amines) is 1. The van der Waals surface area contributed by atoms with Crippen LogP contribution in [0.2, 0.25) is 0 Å². The molecule has 1 aromatic carbocycles. The van der Waals surface area contributed by atoms with Crippen LogP contribution < -0.4 is 5.73 Å². The molecule has 2 unspecified atom stereocenters. The third-order valence-corrected chi connectivity index (χ3v) is 5.00. The highest BCUT2D eigenvalue weighted by atomic mass is 19.1. The molecular weight excluding hydrogens is 305 g/mol. The molecule has 0 spiro atoms. The molecule has 2 aromatic rings. The van der Waals surface area contributed by atoms with Crippen LogP contribution in [0.3, 0.4) is 0 Å². The van der Waals surface area contributed by atoms with Crippen LogP contribution in [-0.2, 0) is 0 Å². The molecule has 1 aliphatic heterocycles. The Balaban J connectivity index is 1.94. The van der Waals surface area contributed by atoms with Gasteiger partial charge >= 0.3 is 0 Å². The number of carbonyl (C=O) groups excluding carboxylic acids is 1. The van der Waals surface area contributed by atoms with E-state index in [0.717, 1.165) is 30.0 Å². The number of rotatable bonds is 3. The maximum Gasteiger partial charge on any atom is 0.255 e. The highest BCUT2D eigenvalue weighted by Gasteiger charge is 2.33. The van der Waals surface area contributed by atoms with Gasteiger partial charge in [0.15, 0.2) is 0 Å². The Bertz CT molecular complexity index is 751. The number of nitrogens with zero attached hydrogens (tertiary/aromatic N) is 2. The van der Waals surface area contributed by atoms with Crippen molar-refractivity contribution in [2.75, 3.05) is 13.1 Å². The average Bonchev–Trinajstić information content (AvgIpc) is 3.08. The zero-order valence-electron chi connectivity index (χ0n) is 14.4. The van der Waals surface area contributed by atoms with Crippen molar-refractivity contribution in [2.24, 2.45) is 11.7 Å². The van der Waals surface area contributed by atoms with E-state index in [2.05, 4.69) is 6.92 Å². The smallest absolute Gasteiger partial charge is 0.255 e. The highest BCUT2D eigenvalue weighted by Crippen LogP contribution is 2.27. The van der Waals surface area contributed by atoms with Crippen LogP contribution in [0.15, 0.2) is 30.3 Å². The summed E-state index contributed by atoms with van der Waals surface area (Å²) in [6.45, 7) is 7.31. The first-order valence-electron chi connectivity index (χ1n) is 8.38. The number of hydrogen-bond donors (Lipinski definition) is 1. The van der Waals surface area contributed by atoms with Gasteiger partial charge in [-0.1, -0.05) is 0 Å². The molecule has 0 bridgehead atoms. The maximum atomic E-state index is 13.2. The van der Waals surface area contributed by atoms with Crippen molar-refractivity contribution in [3.05, 3.63) is 53.1 Å². The van der Waals surface area contributed by atoms with Gasteiger partial charge in [-0.05, 0) is 70.0 Å². The van der Waals surface area contributed by atoms with Crippen molar-refractivity contribution in [3.63, 3.8) is 0 Å². The first-order valence-corrected chi connectivity index (χ1v) is 8.38. The molecule has 4 nitrogen and oxygen atoms in total. The fourth-order valence-corrected chi connectivity index (χ4v) is 3.72. The largest absolute Gasteiger partial charge is 0.336 e. The lowest BCUT2D eigenvalue weighted by Gasteiger charge is -2.21. The fraction of sp³-hybridized carbons (Fsp3) is 0.421. The zero-order chi connectivity index (χ0) is 17.4. The molecule has 0 radical (unpaired) electrons. The number of aryl methyl sites for hydroxylation is 1. The highest BCUT2D eigenvalue weighted by molar-refractivity contribution is 5.96. The van der Waals surface area contributed by atoms with Crippen LogP contribution in [0, 0.1) is 25.6 Å². The summed E-state index contributed by atoms with van der Waals surface area (Å²) in [5.74, 6) is 0.167. The van der Waals surface area contributed by atoms with Crippen LogP contribution in [-0.4, -0.2) is 34.5 Å². The molecule has 1 fully saturated rings. The Morgan fingerprint density at radius 2 is 1.96 bits per heavy atom. The van der Waals surface area contributed by atoms with Crippen LogP contribution in [0.5, 0.6) is 0 Å². The van der Waals surface area contributed by atoms with Gasteiger partial charge < -0.3 is 15.2 Å². The monoisotopic (exact) mass is 329 g/mol. The molecule has 2 atom stereocenters. The number of benzene rings is 1. The molecule has 2 N–H and O–H groups in total. The minimum absolute atomic E-state index is 0.0555. The lowest BCUT2D eigenvalue weighted by Crippen LogP contribution is -2.34. The third-order valence-electron chi connectivity index (χ3n) is 5.00. The summed E-state index contributed by atoms with van der Waals surface area (Å²) in [5, 5.41) is 0.